The van der Waals surface area contributed by atoms with Crippen LogP contribution in [0.1, 0.15) is 65.2 Å². The maximum atomic E-state index is 10.5. The Labute approximate surface area is 128 Å². The summed E-state index contributed by atoms with van der Waals surface area (Å²) in [5.74, 6) is 2.32. The van der Waals surface area contributed by atoms with E-state index in [0.717, 1.165) is 37.0 Å². The highest BCUT2D eigenvalue weighted by atomic mass is 16.3. The van der Waals surface area contributed by atoms with E-state index in [9.17, 15) is 10.2 Å². The van der Waals surface area contributed by atoms with E-state index in [1.807, 2.05) is 0 Å². The first-order valence-corrected chi connectivity index (χ1v) is 9.02. The van der Waals surface area contributed by atoms with Gasteiger partial charge < -0.3 is 10.2 Å². The van der Waals surface area contributed by atoms with E-state index < -0.39 is 0 Å². The number of aliphatic hydroxyl groups is 2. The van der Waals surface area contributed by atoms with Crippen molar-refractivity contribution in [3.05, 3.63) is 11.6 Å². The molecule has 2 N–H and O–H groups in total. The van der Waals surface area contributed by atoms with Gasteiger partial charge in [-0.05, 0) is 80.0 Å². The van der Waals surface area contributed by atoms with Gasteiger partial charge in [0.15, 0.2) is 0 Å². The number of hydrogen-bond acceptors (Lipinski definition) is 2. The summed E-state index contributed by atoms with van der Waals surface area (Å²) in [5, 5.41) is 20.4. The number of hydrogen-bond donors (Lipinski definition) is 2. The molecule has 4 aliphatic rings. The summed E-state index contributed by atoms with van der Waals surface area (Å²) in [4.78, 5) is 0. The molecule has 0 aliphatic heterocycles. The van der Waals surface area contributed by atoms with Gasteiger partial charge >= 0.3 is 0 Å². The molecule has 2 heteroatoms. The number of rotatable bonds is 0. The zero-order chi connectivity index (χ0) is 14.8. The van der Waals surface area contributed by atoms with Crippen LogP contribution >= 0.6 is 0 Å². The molecule has 2 nitrogen and oxygen atoms in total. The minimum absolute atomic E-state index is 0.0682. The van der Waals surface area contributed by atoms with Crippen LogP contribution < -0.4 is 0 Å². The van der Waals surface area contributed by atoms with E-state index in [0.29, 0.717) is 5.41 Å². The molecular weight excluding hydrogens is 260 g/mol. The molecule has 0 radical (unpaired) electrons. The van der Waals surface area contributed by atoms with Gasteiger partial charge in [0, 0.05) is 0 Å². The Morgan fingerprint density at radius 1 is 0.952 bits per heavy atom. The molecule has 7 atom stereocenters. The highest BCUT2D eigenvalue weighted by Crippen LogP contribution is 2.65. The smallest absolute Gasteiger partial charge is 0.0724 e. The van der Waals surface area contributed by atoms with Gasteiger partial charge in [0.1, 0.15) is 0 Å². The second-order valence-corrected chi connectivity index (χ2v) is 8.77. The third kappa shape index (κ3) is 1.84. The van der Waals surface area contributed by atoms with E-state index >= 15 is 0 Å². The molecule has 0 aromatic rings. The molecule has 0 aromatic heterocycles. The summed E-state index contributed by atoms with van der Waals surface area (Å²) in [7, 11) is 0. The largest absolute Gasteiger partial charge is 0.393 e. The van der Waals surface area contributed by atoms with Crippen molar-refractivity contribution in [2.24, 2.45) is 28.6 Å². The highest BCUT2D eigenvalue weighted by molar-refractivity contribution is 5.25. The monoisotopic (exact) mass is 290 g/mol. The molecular formula is C19H30O2. The summed E-state index contributed by atoms with van der Waals surface area (Å²) >= 11 is 0. The Morgan fingerprint density at radius 3 is 2.57 bits per heavy atom. The zero-order valence-electron chi connectivity index (χ0n) is 13.5. The van der Waals surface area contributed by atoms with Crippen molar-refractivity contribution >= 4 is 0 Å². The predicted molar refractivity (Wildman–Crippen MR) is 83.7 cm³/mol. The first-order valence-electron chi connectivity index (χ1n) is 9.02. The molecule has 3 fully saturated rings. The highest BCUT2D eigenvalue weighted by Gasteiger charge is 2.58. The molecule has 0 aromatic carbocycles. The van der Waals surface area contributed by atoms with Crippen LogP contribution in [0, 0.1) is 28.6 Å². The molecule has 3 saturated carbocycles. The standard InChI is InChI=1S/C19H30O2/c1-18-9-7-13(20)11-12(18)3-4-14-15-5-6-17(21)19(15,2)10-8-16(14)18/h11,13-17,20-21H,3-10H2,1-2H3/t13?,14-,15-,16-,17?,18-,19-/m0/s1. The molecule has 0 bridgehead atoms. The van der Waals surface area contributed by atoms with Gasteiger partial charge in [-0.1, -0.05) is 25.5 Å². The normalized spacial score (nSPS) is 56.2. The predicted octanol–water partition coefficient (Wildman–Crippen LogP) is 3.67. The first-order chi connectivity index (χ1) is 9.95. The van der Waals surface area contributed by atoms with Crippen molar-refractivity contribution in [2.75, 3.05) is 0 Å². The summed E-state index contributed by atoms with van der Waals surface area (Å²) < 4.78 is 0. The van der Waals surface area contributed by atoms with Crippen molar-refractivity contribution in [2.45, 2.75) is 77.4 Å². The quantitative estimate of drug-likeness (QED) is 0.668. The van der Waals surface area contributed by atoms with Crippen LogP contribution in [0.25, 0.3) is 0 Å². The molecule has 4 rings (SSSR count). The maximum Gasteiger partial charge on any atom is 0.0724 e. The fourth-order valence-electron chi connectivity index (χ4n) is 6.68. The van der Waals surface area contributed by atoms with Gasteiger partial charge in [-0.25, -0.2) is 0 Å². The fraction of sp³-hybridized carbons (Fsp3) is 0.895. The Bertz CT molecular complexity index is 470. The second-order valence-electron chi connectivity index (χ2n) is 8.77. The van der Waals surface area contributed by atoms with Crippen LogP contribution in [-0.4, -0.2) is 22.4 Å². The number of allylic oxidation sites excluding steroid dienone is 1. The van der Waals surface area contributed by atoms with E-state index in [1.54, 1.807) is 5.57 Å². The SMILES string of the molecule is C[C@]12CCC(O)C=C1CC[C@@H]1[C@@H]2CC[C@]2(C)C(O)CC[C@@H]12. The van der Waals surface area contributed by atoms with Crippen molar-refractivity contribution in [1.82, 2.24) is 0 Å². The van der Waals surface area contributed by atoms with Crippen molar-refractivity contribution < 1.29 is 10.2 Å². The second kappa shape index (κ2) is 4.58. The third-order valence-electron chi connectivity index (χ3n) is 8.04. The van der Waals surface area contributed by atoms with Gasteiger partial charge in [-0.15, -0.1) is 0 Å². The van der Waals surface area contributed by atoms with Gasteiger partial charge in [-0.2, -0.15) is 0 Å². The topological polar surface area (TPSA) is 40.5 Å². The molecule has 0 heterocycles. The Kier molecular flexibility index (Phi) is 3.11. The van der Waals surface area contributed by atoms with E-state index in [1.165, 1.54) is 32.1 Å². The minimum Gasteiger partial charge on any atom is -0.393 e. The van der Waals surface area contributed by atoms with E-state index in [4.69, 9.17) is 0 Å². The average Bonchev–Trinajstić information content (AvgIpc) is 2.76. The minimum atomic E-state index is -0.202. The zero-order valence-corrected chi connectivity index (χ0v) is 13.5. The molecule has 0 saturated heterocycles. The molecule has 0 amide bonds. The summed E-state index contributed by atoms with van der Waals surface area (Å²) in [6, 6.07) is 0. The first kappa shape index (κ1) is 14.3. The lowest BCUT2D eigenvalue weighted by molar-refractivity contribution is -0.0761. The molecule has 0 spiro atoms. The number of fused-ring (bicyclic) bond motifs is 5. The lowest BCUT2D eigenvalue weighted by atomic mass is 9.47. The van der Waals surface area contributed by atoms with Gasteiger partial charge in [0.05, 0.1) is 12.2 Å². The molecule has 21 heavy (non-hydrogen) atoms. The number of aliphatic hydroxyl groups excluding tert-OH is 2. The van der Waals surface area contributed by atoms with E-state index in [2.05, 4.69) is 19.9 Å². The average molecular weight is 290 g/mol. The van der Waals surface area contributed by atoms with Crippen molar-refractivity contribution in [1.29, 1.82) is 0 Å². The molecule has 118 valence electrons. The van der Waals surface area contributed by atoms with Crippen LogP contribution in [0.15, 0.2) is 11.6 Å². The lowest BCUT2D eigenvalue weighted by Crippen LogP contribution is -2.51. The lowest BCUT2D eigenvalue weighted by Gasteiger charge is -2.58. The van der Waals surface area contributed by atoms with Crippen LogP contribution in [0.5, 0.6) is 0 Å². The van der Waals surface area contributed by atoms with Crippen LogP contribution in [0.3, 0.4) is 0 Å². The third-order valence-corrected chi connectivity index (χ3v) is 8.04. The Balaban J connectivity index is 1.67. The Morgan fingerprint density at radius 2 is 1.76 bits per heavy atom. The van der Waals surface area contributed by atoms with Crippen molar-refractivity contribution in [3.8, 4) is 0 Å². The van der Waals surface area contributed by atoms with Gasteiger partial charge in [-0.3, -0.25) is 0 Å². The van der Waals surface area contributed by atoms with Gasteiger partial charge in [0.2, 0.25) is 0 Å². The van der Waals surface area contributed by atoms with Crippen LogP contribution in [0.2, 0.25) is 0 Å². The maximum absolute atomic E-state index is 10.5. The molecule has 2 unspecified atom stereocenters. The van der Waals surface area contributed by atoms with E-state index in [-0.39, 0.29) is 17.6 Å². The van der Waals surface area contributed by atoms with Crippen LogP contribution in [0.4, 0.5) is 0 Å². The summed E-state index contributed by atoms with van der Waals surface area (Å²) in [5.41, 5.74) is 2.06. The summed E-state index contributed by atoms with van der Waals surface area (Å²) in [6.07, 6.45) is 11.2. The summed E-state index contributed by atoms with van der Waals surface area (Å²) in [6.45, 7) is 4.82. The van der Waals surface area contributed by atoms with Gasteiger partial charge in [0.25, 0.3) is 0 Å². The molecule has 4 aliphatic carbocycles. The van der Waals surface area contributed by atoms with Crippen LogP contribution in [-0.2, 0) is 0 Å². The Hall–Kier alpha value is -0.340. The van der Waals surface area contributed by atoms with Crippen molar-refractivity contribution in [3.63, 3.8) is 0 Å². The fourth-order valence-corrected chi connectivity index (χ4v) is 6.68.